The van der Waals surface area contributed by atoms with Crippen LogP contribution in [0.4, 0.5) is 5.69 Å². The first-order valence-corrected chi connectivity index (χ1v) is 6.87. The first-order valence-electron chi connectivity index (χ1n) is 6.87. The van der Waals surface area contributed by atoms with Crippen LogP contribution in [0, 0.1) is 16.0 Å². The van der Waals surface area contributed by atoms with Crippen molar-refractivity contribution in [2.45, 2.75) is 31.7 Å². The molecule has 7 nitrogen and oxygen atoms in total. The number of hydrogen-bond donors (Lipinski definition) is 2. The van der Waals surface area contributed by atoms with Gasteiger partial charge in [-0.1, -0.05) is 13.0 Å². The number of carbonyl (C=O) groups excluding carboxylic acids is 1. The average molecular weight is 293 g/mol. The van der Waals surface area contributed by atoms with E-state index < -0.39 is 16.4 Å². The molecule has 2 rings (SSSR count). The maximum Gasteiger partial charge on any atom is 0.311 e. The smallest absolute Gasteiger partial charge is 0.311 e. The second-order valence-corrected chi connectivity index (χ2v) is 5.38. The molecule has 0 saturated heterocycles. The number of hydrogen-bond acceptors (Lipinski definition) is 5. The Balaban J connectivity index is 2.19. The van der Waals surface area contributed by atoms with Crippen molar-refractivity contribution in [2.75, 3.05) is 6.61 Å². The predicted molar refractivity (Wildman–Crippen MR) is 76.8 cm³/mol. The zero-order valence-electron chi connectivity index (χ0n) is 11.9. The molecule has 0 bridgehead atoms. The summed E-state index contributed by atoms with van der Waals surface area (Å²) < 4.78 is 5.46. The summed E-state index contributed by atoms with van der Waals surface area (Å²) in [5.74, 6) is -0.546. The summed E-state index contributed by atoms with van der Waals surface area (Å²) in [6.45, 7) is 1.75. The Morgan fingerprint density at radius 2 is 2.19 bits per heavy atom. The summed E-state index contributed by atoms with van der Waals surface area (Å²) in [6, 6.07) is 4.75. The molecule has 1 aliphatic rings. The Morgan fingerprint density at radius 3 is 2.67 bits per heavy atom. The SMILES string of the molecule is CCc1ccc(OCC(N)(C(N)=O)C2CC2)c([N+](=O)[O-])c1. The van der Waals surface area contributed by atoms with Crippen molar-refractivity contribution in [3.63, 3.8) is 0 Å². The number of rotatable bonds is 7. The van der Waals surface area contributed by atoms with Crippen LogP contribution in [0.1, 0.15) is 25.3 Å². The maximum atomic E-state index is 11.5. The second-order valence-electron chi connectivity index (χ2n) is 5.38. The Hall–Kier alpha value is -2.15. The summed E-state index contributed by atoms with van der Waals surface area (Å²) in [4.78, 5) is 22.1. The number of benzene rings is 1. The third-order valence-electron chi connectivity index (χ3n) is 3.86. The van der Waals surface area contributed by atoms with Crippen LogP contribution in [0.3, 0.4) is 0 Å². The number of aryl methyl sites for hydroxylation is 1. The Morgan fingerprint density at radius 1 is 1.52 bits per heavy atom. The van der Waals surface area contributed by atoms with Crippen LogP contribution < -0.4 is 16.2 Å². The van der Waals surface area contributed by atoms with Gasteiger partial charge in [0.2, 0.25) is 5.91 Å². The highest BCUT2D eigenvalue weighted by atomic mass is 16.6. The van der Waals surface area contributed by atoms with Crippen LogP contribution in [-0.2, 0) is 11.2 Å². The maximum absolute atomic E-state index is 11.5. The van der Waals surface area contributed by atoms with Gasteiger partial charge in [0.25, 0.3) is 0 Å². The number of nitrogens with two attached hydrogens (primary N) is 2. The molecular formula is C14H19N3O4. The van der Waals surface area contributed by atoms with Crippen molar-refractivity contribution in [1.29, 1.82) is 0 Å². The highest BCUT2D eigenvalue weighted by Gasteiger charge is 2.47. The second kappa shape index (κ2) is 5.69. The number of carbonyl (C=O) groups is 1. The highest BCUT2D eigenvalue weighted by molar-refractivity contribution is 5.85. The fourth-order valence-corrected chi connectivity index (χ4v) is 2.23. The summed E-state index contributed by atoms with van der Waals surface area (Å²) in [6.07, 6.45) is 2.32. The van der Waals surface area contributed by atoms with Gasteiger partial charge in [0.05, 0.1) is 4.92 Å². The van der Waals surface area contributed by atoms with E-state index in [0.717, 1.165) is 18.4 Å². The van der Waals surface area contributed by atoms with Crippen LogP contribution in [0.25, 0.3) is 0 Å². The fourth-order valence-electron chi connectivity index (χ4n) is 2.23. The Kier molecular flexibility index (Phi) is 4.13. The first-order chi connectivity index (χ1) is 9.88. The van der Waals surface area contributed by atoms with Crippen LogP contribution >= 0.6 is 0 Å². The molecule has 1 aliphatic carbocycles. The molecule has 21 heavy (non-hydrogen) atoms. The molecule has 0 aliphatic heterocycles. The minimum atomic E-state index is -1.27. The molecule has 0 aromatic heterocycles. The Bertz CT molecular complexity index is 571. The number of ether oxygens (including phenoxy) is 1. The van der Waals surface area contributed by atoms with Gasteiger partial charge in [-0.2, -0.15) is 0 Å². The van der Waals surface area contributed by atoms with Gasteiger partial charge in [0.1, 0.15) is 12.1 Å². The summed E-state index contributed by atoms with van der Waals surface area (Å²) in [7, 11) is 0. The predicted octanol–water partition coefficient (Wildman–Crippen LogP) is 1.13. The van der Waals surface area contributed by atoms with Gasteiger partial charge >= 0.3 is 5.69 Å². The van der Waals surface area contributed by atoms with E-state index in [1.54, 1.807) is 6.07 Å². The molecular weight excluding hydrogens is 274 g/mol. The topological polar surface area (TPSA) is 121 Å². The first kappa shape index (κ1) is 15.2. The molecule has 7 heteroatoms. The van der Waals surface area contributed by atoms with E-state index in [-0.39, 0.29) is 24.0 Å². The number of nitro benzene ring substituents is 1. The van der Waals surface area contributed by atoms with Crippen molar-refractivity contribution in [3.8, 4) is 5.75 Å². The minimum absolute atomic E-state index is 0.0102. The van der Waals surface area contributed by atoms with Crippen LogP contribution in [-0.4, -0.2) is 23.0 Å². The summed E-state index contributed by atoms with van der Waals surface area (Å²) in [5.41, 5.74) is 10.8. The third kappa shape index (κ3) is 3.13. The molecule has 1 aromatic rings. The van der Waals surface area contributed by atoms with Crippen molar-refractivity contribution in [3.05, 3.63) is 33.9 Å². The van der Waals surface area contributed by atoms with Gasteiger partial charge in [-0.05, 0) is 36.8 Å². The van der Waals surface area contributed by atoms with Crippen LogP contribution in [0.2, 0.25) is 0 Å². The number of amides is 1. The fraction of sp³-hybridized carbons (Fsp3) is 0.500. The van der Waals surface area contributed by atoms with Gasteiger partial charge in [-0.15, -0.1) is 0 Å². The van der Waals surface area contributed by atoms with Crippen molar-refractivity contribution >= 4 is 11.6 Å². The van der Waals surface area contributed by atoms with E-state index in [1.165, 1.54) is 12.1 Å². The van der Waals surface area contributed by atoms with E-state index in [9.17, 15) is 14.9 Å². The lowest BCUT2D eigenvalue weighted by molar-refractivity contribution is -0.386. The van der Waals surface area contributed by atoms with Gasteiger partial charge < -0.3 is 16.2 Å². The Labute approximate surface area is 122 Å². The van der Waals surface area contributed by atoms with Crippen molar-refractivity contribution in [2.24, 2.45) is 17.4 Å². The molecule has 1 saturated carbocycles. The van der Waals surface area contributed by atoms with E-state index in [2.05, 4.69) is 0 Å². The molecule has 0 heterocycles. The van der Waals surface area contributed by atoms with Crippen LogP contribution in [0.15, 0.2) is 18.2 Å². The van der Waals surface area contributed by atoms with Gasteiger partial charge in [0.15, 0.2) is 5.75 Å². The lowest BCUT2D eigenvalue weighted by Crippen LogP contribution is -2.58. The number of nitro groups is 1. The number of primary amides is 1. The molecule has 1 fully saturated rings. The van der Waals surface area contributed by atoms with E-state index >= 15 is 0 Å². The van der Waals surface area contributed by atoms with Crippen molar-refractivity contribution < 1.29 is 14.5 Å². The van der Waals surface area contributed by atoms with Crippen LogP contribution in [0.5, 0.6) is 5.75 Å². The molecule has 1 amide bonds. The van der Waals surface area contributed by atoms with E-state index in [4.69, 9.17) is 16.2 Å². The van der Waals surface area contributed by atoms with E-state index in [0.29, 0.717) is 6.42 Å². The molecule has 114 valence electrons. The normalized spacial score (nSPS) is 17.0. The average Bonchev–Trinajstić information content (AvgIpc) is 3.29. The molecule has 1 atom stereocenters. The lowest BCUT2D eigenvalue weighted by Gasteiger charge is -2.25. The molecule has 0 radical (unpaired) electrons. The highest BCUT2D eigenvalue weighted by Crippen LogP contribution is 2.39. The largest absolute Gasteiger partial charge is 0.484 e. The van der Waals surface area contributed by atoms with Gasteiger partial charge in [0, 0.05) is 6.07 Å². The molecule has 0 spiro atoms. The zero-order chi connectivity index (χ0) is 15.6. The summed E-state index contributed by atoms with van der Waals surface area (Å²) in [5, 5.41) is 11.1. The lowest BCUT2D eigenvalue weighted by atomic mass is 9.95. The molecule has 1 aromatic carbocycles. The molecule has 4 N–H and O–H groups in total. The monoisotopic (exact) mass is 293 g/mol. The standard InChI is InChI=1S/C14H19N3O4/c1-2-9-3-6-12(11(7-9)17(19)20)21-8-14(16,13(15)18)10-4-5-10/h3,6-7,10H,2,4-5,8,16H2,1H3,(H2,15,18). The van der Waals surface area contributed by atoms with E-state index in [1.807, 2.05) is 6.92 Å². The van der Waals surface area contributed by atoms with Gasteiger partial charge in [-0.3, -0.25) is 14.9 Å². The molecule has 1 unspecified atom stereocenters. The minimum Gasteiger partial charge on any atom is -0.484 e. The third-order valence-corrected chi connectivity index (χ3v) is 3.86. The van der Waals surface area contributed by atoms with Crippen molar-refractivity contribution in [1.82, 2.24) is 0 Å². The quantitative estimate of drug-likeness (QED) is 0.576. The number of nitrogens with zero attached hydrogens (tertiary/aromatic N) is 1. The zero-order valence-corrected chi connectivity index (χ0v) is 11.9. The van der Waals surface area contributed by atoms with Gasteiger partial charge in [-0.25, -0.2) is 0 Å². The summed E-state index contributed by atoms with van der Waals surface area (Å²) >= 11 is 0.